The second kappa shape index (κ2) is 10.4. The van der Waals surface area contributed by atoms with Crippen LogP contribution in [0.4, 0.5) is 4.39 Å². The minimum absolute atomic E-state index is 0.0320. The van der Waals surface area contributed by atoms with Gasteiger partial charge >= 0.3 is 0 Å². The number of fused-ring (bicyclic) bond motifs is 1. The topological polar surface area (TPSA) is 82.8 Å². The first-order valence-corrected chi connectivity index (χ1v) is 11.4. The van der Waals surface area contributed by atoms with Gasteiger partial charge in [0.2, 0.25) is 5.56 Å². The summed E-state index contributed by atoms with van der Waals surface area (Å²) in [7, 11) is 1.77. The van der Waals surface area contributed by atoms with Gasteiger partial charge in [-0.15, -0.1) is 0 Å². The van der Waals surface area contributed by atoms with Gasteiger partial charge in [-0.1, -0.05) is 11.6 Å². The molecule has 176 valence electrons. The first kappa shape index (κ1) is 23.9. The molecule has 0 N–H and O–H groups in total. The molecule has 0 saturated carbocycles. The van der Waals surface area contributed by atoms with Gasteiger partial charge in [0.05, 0.1) is 17.5 Å². The third-order valence-electron chi connectivity index (χ3n) is 5.73. The summed E-state index contributed by atoms with van der Waals surface area (Å²) >= 11 is 5.77. The van der Waals surface area contributed by atoms with Gasteiger partial charge in [-0.25, -0.2) is 24.3 Å². The number of hydrogen-bond donors (Lipinski definition) is 0. The van der Waals surface area contributed by atoms with Gasteiger partial charge in [0.15, 0.2) is 5.65 Å². The highest BCUT2D eigenvalue weighted by Gasteiger charge is 2.16. The number of benzene rings is 1. The van der Waals surface area contributed by atoms with Crippen molar-refractivity contribution >= 4 is 22.8 Å². The van der Waals surface area contributed by atoms with Crippen molar-refractivity contribution in [1.29, 1.82) is 0 Å². The van der Waals surface area contributed by atoms with E-state index in [1.165, 1.54) is 18.8 Å². The average Bonchev–Trinajstić information content (AvgIpc) is 2.83. The van der Waals surface area contributed by atoms with Crippen LogP contribution < -0.4 is 5.56 Å². The van der Waals surface area contributed by atoms with Crippen LogP contribution in [0.2, 0.25) is 5.02 Å². The fourth-order valence-corrected chi connectivity index (χ4v) is 3.89. The molecule has 1 aliphatic heterocycles. The molecule has 1 atom stereocenters. The molecule has 7 nitrogen and oxygen atoms in total. The van der Waals surface area contributed by atoms with Crippen LogP contribution in [-0.2, 0) is 11.8 Å². The zero-order valence-corrected chi connectivity index (χ0v) is 20.0. The van der Waals surface area contributed by atoms with E-state index >= 15 is 0 Å². The normalized spacial score (nSPS) is 15.6. The molecule has 0 spiro atoms. The number of halogens is 2. The molecule has 1 saturated heterocycles. The number of hydrogen-bond acceptors (Lipinski definition) is 6. The van der Waals surface area contributed by atoms with Crippen LogP contribution in [0.25, 0.3) is 22.4 Å². The van der Waals surface area contributed by atoms with Crippen molar-refractivity contribution in [3.05, 3.63) is 81.0 Å². The number of aryl methyl sites for hydroxylation is 3. The molecular formula is C25H25ClFN5O2. The van der Waals surface area contributed by atoms with Crippen LogP contribution in [0.1, 0.15) is 42.3 Å². The second-order valence-corrected chi connectivity index (χ2v) is 8.62. The van der Waals surface area contributed by atoms with E-state index in [4.69, 9.17) is 16.3 Å². The molecule has 0 bridgehead atoms. The molecule has 0 amide bonds. The van der Waals surface area contributed by atoms with Crippen molar-refractivity contribution in [3.63, 3.8) is 0 Å². The predicted octanol–water partition coefficient (Wildman–Crippen LogP) is 5.12. The fraction of sp³-hybridized carbons (Fsp3) is 0.320. The smallest absolute Gasteiger partial charge is 0.250 e. The Bertz CT molecular complexity index is 1390. The van der Waals surface area contributed by atoms with Crippen molar-refractivity contribution < 1.29 is 9.13 Å². The number of aromatic nitrogens is 5. The zero-order valence-electron chi connectivity index (χ0n) is 19.3. The Labute approximate surface area is 201 Å². The van der Waals surface area contributed by atoms with E-state index in [-0.39, 0.29) is 11.7 Å². The summed E-state index contributed by atoms with van der Waals surface area (Å²) in [6, 6.07) is 7.92. The van der Waals surface area contributed by atoms with Gasteiger partial charge in [0.25, 0.3) is 0 Å². The Hall–Kier alpha value is -3.23. The molecule has 0 radical (unpaired) electrons. The number of rotatable bonds is 2. The monoisotopic (exact) mass is 481 g/mol. The molecule has 0 aliphatic carbocycles. The highest BCUT2D eigenvalue weighted by molar-refractivity contribution is 6.30. The van der Waals surface area contributed by atoms with E-state index in [2.05, 4.69) is 19.9 Å². The fourth-order valence-electron chi connectivity index (χ4n) is 3.73. The predicted molar refractivity (Wildman–Crippen MR) is 129 cm³/mol. The van der Waals surface area contributed by atoms with Gasteiger partial charge < -0.3 is 9.30 Å². The Morgan fingerprint density at radius 1 is 1.09 bits per heavy atom. The minimum atomic E-state index is -0.447. The largest absolute Gasteiger partial charge is 0.373 e. The first-order chi connectivity index (χ1) is 16.3. The van der Waals surface area contributed by atoms with Crippen molar-refractivity contribution in [3.8, 4) is 11.3 Å². The summed E-state index contributed by atoms with van der Waals surface area (Å²) in [4.78, 5) is 28.2. The molecule has 3 aromatic heterocycles. The summed E-state index contributed by atoms with van der Waals surface area (Å²) < 4.78 is 21.3. The maximum Gasteiger partial charge on any atom is 0.250 e. The average molecular weight is 482 g/mol. The van der Waals surface area contributed by atoms with Crippen LogP contribution in [0, 0.1) is 19.7 Å². The summed E-state index contributed by atoms with van der Waals surface area (Å²) in [5.41, 5.74) is 4.39. The molecule has 1 fully saturated rings. The maximum absolute atomic E-state index is 14.1. The van der Waals surface area contributed by atoms with Crippen LogP contribution in [-0.4, -0.2) is 31.1 Å². The quantitative estimate of drug-likeness (QED) is 0.395. The summed E-state index contributed by atoms with van der Waals surface area (Å²) in [6.45, 7) is 4.54. The Balaban J connectivity index is 0.000000172. The van der Waals surface area contributed by atoms with Gasteiger partial charge in [-0.3, -0.25) is 4.79 Å². The van der Waals surface area contributed by atoms with Crippen molar-refractivity contribution in [2.45, 2.75) is 39.2 Å². The van der Waals surface area contributed by atoms with Gasteiger partial charge in [-0.05, 0) is 62.9 Å². The number of nitrogens with zero attached hydrogens (tertiary/aromatic N) is 5. The standard InChI is InChI=1S/C14H10ClFN4.C11H15NO2/c1-7-8(2)20-14-13(19-7)12(17-6-18-14)10-4-3-9(15)5-11(10)16;1-12-8-9(5-6-11(12)13)10-4-2-3-7-14-10/h3-6H,1-2H3;5-6,8,10H,2-4,7H2,1H3. The van der Waals surface area contributed by atoms with Crippen LogP contribution in [0.15, 0.2) is 47.7 Å². The third-order valence-corrected chi connectivity index (χ3v) is 5.96. The molecule has 5 rings (SSSR count). The molecule has 9 heteroatoms. The van der Waals surface area contributed by atoms with E-state index < -0.39 is 5.82 Å². The lowest BCUT2D eigenvalue weighted by Gasteiger charge is -2.22. The summed E-state index contributed by atoms with van der Waals surface area (Å²) in [5.74, 6) is -0.447. The SMILES string of the molecule is Cc1nc2ncnc(-c3ccc(Cl)cc3F)c2nc1C.Cn1cc(C2CCCCO2)ccc1=O. The molecule has 34 heavy (non-hydrogen) atoms. The third kappa shape index (κ3) is 5.29. The van der Waals surface area contributed by atoms with Crippen LogP contribution in [0.5, 0.6) is 0 Å². The molecule has 4 heterocycles. The molecule has 1 unspecified atom stereocenters. The lowest BCUT2D eigenvalue weighted by atomic mass is 10.0. The van der Waals surface area contributed by atoms with Crippen molar-refractivity contribution in [2.24, 2.45) is 7.05 Å². The van der Waals surface area contributed by atoms with Gasteiger partial charge in [-0.2, -0.15) is 0 Å². The lowest BCUT2D eigenvalue weighted by molar-refractivity contribution is 0.0146. The Kier molecular flexibility index (Phi) is 7.29. The number of ether oxygens (including phenoxy) is 1. The highest BCUT2D eigenvalue weighted by Crippen LogP contribution is 2.28. The lowest BCUT2D eigenvalue weighted by Crippen LogP contribution is -2.18. The van der Waals surface area contributed by atoms with E-state index in [0.29, 0.717) is 27.4 Å². The van der Waals surface area contributed by atoms with Crippen molar-refractivity contribution in [2.75, 3.05) is 6.61 Å². The zero-order chi connectivity index (χ0) is 24.2. The number of pyridine rings is 1. The first-order valence-electron chi connectivity index (χ1n) is 11.0. The Morgan fingerprint density at radius 2 is 1.88 bits per heavy atom. The maximum atomic E-state index is 14.1. The highest BCUT2D eigenvalue weighted by atomic mass is 35.5. The van der Waals surface area contributed by atoms with Crippen molar-refractivity contribution in [1.82, 2.24) is 24.5 Å². The van der Waals surface area contributed by atoms with Crippen LogP contribution in [0.3, 0.4) is 0 Å². The summed E-state index contributed by atoms with van der Waals surface area (Å²) in [6.07, 6.45) is 6.86. The van der Waals surface area contributed by atoms with E-state index in [0.717, 1.165) is 36.4 Å². The van der Waals surface area contributed by atoms with E-state index in [1.54, 1.807) is 29.8 Å². The molecule has 1 aromatic carbocycles. The van der Waals surface area contributed by atoms with E-state index in [9.17, 15) is 9.18 Å². The van der Waals surface area contributed by atoms with E-state index in [1.807, 2.05) is 26.1 Å². The molecule has 4 aromatic rings. The molecular weight excluding hydrogens is 457 g/mol. The summed E-state index contributed by atoms with van der Waals surface area (Å²) in [5, 5.41) is 0.336. The van der Waals surface area contributed by atoms with Gasteiger partial charge in [0, 0.05) is 36.5 Å². The minimum Gasteiger partial charge on any atom is -0.373 e. The van der Waals surface area contributed by atoms with Crippen LogP contribution >= 0.6 is 11.6 Å². The Morgan fingerprint density at radius 3 is 2.59 bits per heavy atom. The second-order valence-electron chi connectivity index (χ2n) is 8.18. The van der Waals surface area contributed by atoms with Gasteiger partial charge in [0.1, 0.15) is 23.4 Å². The molecule has 1 aliphatic rings.